The summed E-state index contributed by atoms with van der Waals surface area (Å²) in [6, 6.07) is 9.91. The molecule has 0 saturated heterocycles. The van der Waals surface area contributed by atoms with Gasteiger partial charge in [0.25, 0.3) is 0 Å². The maximum absolute atomic E-state index is 12.1. The second-order valence-corrected chi connectivity index (χ2v) is 7.19. The predicted molar refractivity (Wildman–Crippen MR) is 111 cm³/mol. The summed E-state index contributed by atoms with van der Waals surface area (Å²) in [6.07, 6.45) is 5.78. The van der Waals surface area contributed by atoms with Gasteiger partial charge in [-0.25, -0.2) is 4.98 Å². The van der Waals surface area contributed by atoms with Gasteiger partial charge < -0.3 is 15.6 Å². The number of nitrogens with zero attached hydrogens (tertiary/aromatic N) is 2. The summed E-state index contributed by atoms with van der Waals surface area (Å²) in [7, 11) is 0. The van der Waals surface area contributed by atoms with Gasteiger partial charge in [0.2, 0.25) is 5.91 Å². The number of imidazole rings is 1. The minimum atomic E-state index is -0.529. The van der Waals surface area contributed by atoms with Crippen molar-refractivity contribution in [1.29, 1.82) is 0 Å². The van der Waals surface area contributed by atoms with E-state index in [0.717, 1.165) is 25.2 Å². The number of aromatic nitrogens is 2. The van der Waals surface area contributed by atoms with E-state index in [9.17, 15) is 4.79 Å². The molecule has 0 spiro atoms. The van der Waals surface area contributed by atoms with E-state index in [1.54, 1.807) is 6.20 Å². The zero-order valence-corrected chi connectivity index (χ0v) is 17.3. The van der Waals surface area contributed by atoms with Crippen LogP contribution in [0, 0.1) is 5.41 Å². The molecule has 1 amide bonds. The zero-order chi connectivity index (χ0) is 17.6. The SMILES string of the molecule is CC(C)(C)[C@H](N)C(=O)NCc1nccn1CCCc1ccccc1.Cl.Cl. The highest BCUT2D eigenvalue weighted by Crippen LogP contribution is 2.17. The minimum absolute atomic E-state index is 0. The third-order valence-electron chi connectivity index (χ3n) is 4.15. The summed E-state index contributed by atoms with van der Waals surface area (Å²) in [5.74, 6) is 0.721. The van der Waals surface area contributed by atoms with Gasteiger partial charge >= 0.3 is 0 Å². The van der Waals surface area contributed by atoms with Crippen LogP contribution in [0.4, 0.5) is 0 Å². The van der Waals surface area contributed by atoms with Crippen LogP contribution in [0.15, 0.2) is 42.7 Å². The van der Waals surface area contributed by atoms with E-state index >= 15 is 0 Å². The molecule has 0 bridgehead atoms. The van der Waals surface area contributed by atoms with Crippen LogP contribution < -0.4 is 11.1 Å². The van der Waals surface area contributed by atoms with Crippen molar-refractivity contribution in [3.05, 3.63) is 54.1 Å². The van der Waals surface area contributed by atoms with Gasteiger partial charge in [-0.2, -0.15) is 0 Å². The van der Waals surface area contributed by atoms with Crippen molar-refractivity contribution in [2.45, 2.75) is 52.7 Å². The Hall–Kier alpha value is -1.56. The molecule has 7 heteroatoms. The summed E-state index contributed by atoms with van der Waals surface area (Å²) in [5.41, 5.74) is 7.06. The Morgan fingerprint density at radius 1 is 1.23 bits per heavy atom. The molecule has 0 fully saturated rings. The molecule has 2 aromatic rings. The molecule has 1 aromatic heterocycles. The van der Waals surface area contributed by atoms with Crippen LogP contribution in [0.25, 0.3) is 0 Å². The maximum atomic E-state index is 12.1. The van der Waals surface area contributed by atoms with Crippen molar-refractivity contribution in [1.82, 2.24) is 14.9 Å². The lowest BCUT2D eigenvalue weighted by atomic mass is 9.87. The first kappa shape index (κ1) is 24.4. The fourth-order valence-electron chi connectivity index (χ4n) is 2.48. The fourth-order valence-corrected chi connectivity index (χ4v) is 2.48. The monoisotopic (exact) mass is 400 g/mol. The number of nitrogens with two attached hydrogens (primary N) is 1. The van der Waals surface area contributed by atoms with E-state index in [-0.39, 0.29) is 36.1 Å². The number of hydrogen-bond donors (Lipinski definition) is 2. The first-order valence-corrected chi connectivity index (χ1v) is 8.45. The van der Waals surface area contributed by atoms with Crippen LogP contribution in [-0.4, -0.2) is 21.5 Å². The van der Waals surface area contributed by atoms with Gasteiger partial charge in [-0.05, 0) is 23.8 Å². The Kier molecular flexibility index (Phi) is 10.5. The van der Waals surface area contributed by atoms with E-state index in [1.807, 2.05) is 33.0 Å². The van der Waals surface area contributed by atoms with E-state index in [2.05, 4.69) is 39.1 Å². The molecular formula is C19H30Cl2N4O. The first-order chi connectivity index (χ1) is 11.4. The van der Waals surface area contributed by atoms with E-state index in [4.69, 9.17) is 5.73 Å². The number of halogens is 2. The summed E-state index contributed by atoms with van der Waals surface area (Å²) in [4.78, 5) is 16.5. The third kappa shape index (κ3) is 7.36. The van der Waals surface area contributed by atoms with Crippen molar-refractivity contribution in [2.24, 2.45) is 11.1 Å². The molecular weight excluding hydrogens is 371 g/mol. The molecule has 0 aliphatic heterocycles. The number of benzene rings is 1. The van der Waals surface area contributed by atoms with Gasteiger partial charge in [0, 0.05) is 18.9 Å². The highest BCUT2D eigenvalue weighted by molar-refractivity contribution is 5.85. The molecule has 1 atom stereocenters. The molecule has 0 radical (unpaired) electrons. The first-order valence-electron chi connectivity index (χ1n) is 8.45. The fraction of sp³-hybridized carbons (Fsp3) is 0.474. The van der Waals surface area contributed by atoms with E-state index < -0.39 is 6.04 Å². The molecule has 3 N–H and O–H groups in total. The molecule has 2 rings (SSSR count). The highest BCUT2D eigenvalue weighted by Gasteiger charge is 2.27. The van der Waals surface area contributed by atoms with Gasteiger partial charge in [0.1, 0.15) is 5.82 Å². The topological polar surface area (TPSA) is 72.9 Å². The summed E-state index contributed by atoms with van der Waals surface area (Å²) < 4.78 is 2.09. The lowest BCUT2D eigenvalue weighted by Crippen LogP contribution is -2.48. The molecule has 146 valence electrons. The van der Waals surface area contributed by atoms with Gasteiger partial charge in [0.05, 0.1) is 12.6 Å². The molecule has 1 aromatic carbocycles. The normalized spacial score (nSPS) is 11.8. The standard InChI is InChI=1S/C19H28N4O.2ClH/c1-19(2,3)17(20)18(24)22-14-16-21-11-13-23(16)12-7-10-15-8-5-4-6-9-15;;/h4-6,8-9,11,13,17H,7,10,12,14,20H2,1-3H3,(H,22,24);2*1H/t17-;;/m1../s1. The number of aryl methyl sites for hydroxylation is 2. The Morgan fingerprint density at radius 3 is 2.50 bits per heavy atom. The number of amides is 1. The summed E-state index contributed by atoms with van der Waals surface area (Å²) in [6.45, 7) is 7.16. The van der Waals surface area contributed by atoms with Crippen molar-refractivity contribution < 1.29 is 4.79 Å². The lowest BCUT2D eigenvalue weighted by molar-refractivity contribution is -0.124. The van der Waals surface area contributed by atoms with Crippen LogP contribution >= 0.6 is 24.8 Å². The second-order valence-electron chi connectivity index (χ2n) is 7.19. The zero-order valence-electron chi connectivity index (χ0n) is 15.6. The smallest absolute Gasteiger partial charge is 0.237 e. The molecule has 5 nitrogen and oxygen atoms in total. The molecule has 0 saturated carbocycles. The van der Waals surface area contributed by atoms with Crippen molar-refractivity contribution in [2.75, 3.05) is 0 Å². The number of hydrogen-bond acceptors (Lipinski definition) is 3. The molecule has 1 heterocycles. The number of rotatable bonds is 7. The maximum Gasteiger partial charge on any atom is 0.237 e. The lowest BCUT2D eigenvalue weighted by Gasteiger charge is -2.25. The largest absolute Gasteiger partial charge is 0.348 e. The van der Waals surface area contributed by atoms with Crippen LogP contribution in [0.1, 0.15) is 38.6 Å². The molecule has 0 aliphatic carbocycles. The van der Waals surface area contributed by atoms with Crippen LogP contribution in [-0.2, 0) is 24.3 Å². The number of carbonyl (C=O) groups excluding carboxylic acids is 1. The van der Waals surface area contributed by atoms with Crippen molar-refractivity contribution in [3.8, 4) is 0 Å². The Balaban J connectivity index is 0.00000312. The highest BCUT2D eigenvalue weighted by atomic mass is 35.5. The van der Waals surface area contributed by atoms with Gasteiger partial charge in [0.15, 0.2) is 0 Å². The van der Waals surface area contributed by atoms with Crippen molar-refractivity contribution >= 4 is 30.7 Å². The Bertz CT molecular complexity index is 653. The number of carbonyl (C=O) groups is 1. The average molecular weight is 401 g/mol. The van der Waals surface area contributed by atoms with Crippen LogP contribution in [0.3, 0.4) is 0 Å². The summed E-state index contributed by atoms with van der Waals surface area (Å²) in [5, 5.41) is 2.89. The quantitative estimate of drug-likeness (QED) is 0.747. The van der Waals surface area contributed by atoms with Gasteiger partial charge in [-0.1, -0.05) is 51.1 Å². The minimum Gasteiger partial charge on any atom is -0.348 e. The second kappa shape index (κ2) is 11.2. The molecule has 0 aliphatic rings. The van der Waals surface area contributed by atoms with E-state index in [1.165, 1.54) is 5.56 Å². The number of nitrogens with one attached hydrogen (secondary N) is 1. The predicted octanol–water partition coefficient (Wildman–Crippen LogP) is 3.35. The molecule has 26 heavy (non-hydrogen) atoms. The third-order valence-corrected chi connectivity index (χ3v) is 4.15. The van der Waals surface area contributed by atoms with Crippen molar-refractivity contribution in [3.63, 3.8) is 0 Å². The van der Waals surface area contributed by atoms with Gasteiger partial charge in [-0.15, -0.1) is 24.8 Å². The molecule has 0 unspecified atom stereocenters. The summed E-state index contributed by atoms with van der Waals surface area (Å²) >= 11 is 0. The average Bonchev–Trinajstić information content (AvgIpc) is 2.99. The Labute approximate surface area is 168 Å². The van der Waals surface area contributed by atoms with E-state index in [0.29, 0.717) is 6.54 Å². The van der Waals surface area contributed by atoms with Crippen LogP contribution in [0.5, 0.6) is 0 Å². The van der Waals surface area contributed by atoms with Crippen LogP contribution in [0.2, 0.25) is 0 Å². The van der Waals surface area contributed by atoms with Gasteiger partial charge in [-0.3, -0.25) is 4.79 Å². The Morgan fingerprint density at radius 2 is 1.88 bits per heavy atom.